The lowest BCUT2D eigenvalue weighted by atomic mass is 10.1. The molecule has 106 valence electrons. The maximum atomic E-state index is 11.3. The Labute approximate surface area is 124 Å². The Kier molecular flexibility index (Phi) is 3.57. The van der Waals surface area contributed by atoms with Crippen molar-refractivity contribution in [1.29, 1.82) is 0 Å². The Hall–Kier alpha value is -2.42. The predicted octanol–water partition coefficient (Wildman–Crippen LogP) is 3.85. The average Bonchev–Trinajstić information content (AvgIpc) is 2.84. The van der Waals surface area contributed by atoms with Crippen LogP contribution < -0.4 is 0 Å². The van der Waals surface area contributed by atoms with E-state index in [1.165, 1.54) is 11.1 Å². The van der Waals surface area contributed by atoms with E-state index in [-0.39, 0.29) is 5.78 Å². The van der Waals surface area contributed by atoms with Crippen LogP contribution in [0.1, 0.15) is 35.6 Å². The molecule has 3 aromatic rings. The van der Waals surface area contributed by atoms with Gasteiger partial charge in [0.05, 0.1) is 11.0 Å². The van der Waals surface area contributed by atoms with Gasteiger partial charge in [-0.05, 0) is 31.5 Å². The van der Waals surface area contributed by atoms with E-state index in [1.807, 2.05) is 42.5 Å². The summed E-state index contributed by atoms with van der Waals surface area (Å²) >= 11 is 0. The van der Waals surface area contributed by atoms with Crippen molar-refractivity contribution in [2.45, 2.75) is 26.8 Å². The predicted molar refractivity (Wildman–Crippen MR) is 84.7 cm³/mol. The summed E-state index contributed by atoms with van der Waals surface area (Å²) in [4.78, 5) is 16.0. The van der Waals surface area contributed by atoms with Gasteiger partial charge in [0.1, 0.15) is 5.82 Å². The van der Waals surface area contributed by atoms with Gasteiger partial charge in [0, 0.05) is 18.5 Å². The number of hydrogen-bond donors (Lipinski definition) is 0. The topological polar surface area (TPSA) is 34.9 Å². The fourth-order valence-electron chi connectivity index (χ4n) is 2.65. The van der Waals surface area contributed by atoms with Gasteiger partial charge >= 0.3 is 0 Å². The Morgan fingerprint density at radius 3 is 2.48 bits per heavy atom. The van der Waals surface area contributed by atoms with Crippen molar-refractivity contribution in [3.8, 4) is 0 Å². The van der Waals surface area contributed by atoms with E-state index in [9.17, 15) is 4.79 Å². The number of rotatable bonds is 4. The molecular formula is C18H18N2O. The Bertz CT molecular complexity index is 785. The number of benzene rings is 2. The summed E-state index contributed by atoms with van der Waals surface area (Å²) in [5.74, 6) is 1.16. The number of hydrogen-bond acceptors (Lipinski definition) is 2. The molecule has 0 bridgehead atoms. The molecule has 0 unspecified atom stereocenters. The molecule has 0 aliphatic rings. The fraction of sp³-hybridized carbons (Fsp3) is 0.222. The molecule has 0 atom stereocenters. The lowest BCUT2D eigenvalue weighted by Gasteiger charge is -2.06. The number of imidazole rings is 1. The average molecular weight is 278 g/mol. The van der Waals surface area contributed by atoms with Gasteiger partial charge in [-0.15, -0.1) is 0 Å². The molecule has 0 aliphatic heterocycles. The molecule has 0 fully saturated rings. The molecule has 3 nitrogen and oxygen atoms in total. The highest BCUT2D eigenvalue weighted by molar-refractivity contribution is 5.94. The number of ketones is 1. The molecule has 0 amide bonds. The zero-order valence-corrected chi connectivity index (χ0v) is 12.3. The molecular weight excluding hydrogens is 260 g/mol. The summed E-state index contributed by atoms with van der Waals surface area (Å²) in [5.41, 5.74) is 4.14. The first kappa shape index (κ1) is 13.6. The summed E-state index contributed by atoms with van der Waals surface area (Å²) in [6.45, 7) is 4.63. The van der Waals surface area contributed by atoms with Crippen LogP contribution in [0.3, 0.4) is 0 Å². The summed E-state index contributed by atoms with van der Waals surface area (Å²) in [6, 6.07) is 16.0. The molecule has 3 heteroatoms. The summed E-state index contributed by atoms with van der Waals surface area (Å²) in [6.07, 6.45) is 0.778. The SMILES string of the molecule is CCn1c(Cc2ccc(C(C)=O)cc2)nc2ccccc21. The summed E-state index contributed by atoms with van der Waals surface area (Å²) in [5, 5.41) is 0. The van der Waals surface area contributed by atoms with Gasteiger partial charge in [-0.2, -0.15) is 0 Å². The van der Waals surface area contributed by atoms with E-state index >= 15 is 0 Å². The number of carbonyl (C=O) groups is 1. The molecule has 0 saturated heterocycles. The van der Waals surface area contributed by atoms with Crippen LogP contribution in [0.5, 0.6) is 0 Å². The molecule has 2 aromatic carbocycles. The van der Waals surface area contributed by atoms with E-state index in [1.54, 1.807) is 6.92 Å². The number of Topliss-reactive ketones (excluding diaryl/α,β-unsaturated/α-hetero) is 1. The van der Waals surface area contributed by atoms with Crippen LogP contribution in [0, 0.1) is 0 Å². The van der Waals surface area contributed by atoms with Gasteiger partial charge in [-0.25, -0.2) is 4.98 Å². The number of para-hydroxylation sites is 2. The largest absolute Gasteiger partial charge is 0.328 e. The number of aromatic nitrogens is 2. The third kappa shape index (κ3) is 2.59. The van der Waals surface area contributed by atoms with Crippen molar-refractivity contribution in [1.82, 2.24) is 9.55 Å². The number of aryl methyl sites for hydroxylation is 1. The van der Waals surface area contributed by atoms with Crippen LogP contribution in [0.4, 0.5) is 0 Å². The molecule has 3 rings (SSSR count). The van der Waals surface area contributed by atoms with Gasteiger partial charge in [-0.3, -0.25) is 4.79 Å². The van der Waals surface area contributed by atoms with E-state index in [0.717, 1.165) is 29.9 Å². The fourth-order valence-corrected chi connectivity index (χ4v) is 2.65. The zero-order chi connectivity index (χ0) is 14.8. The van der Waals surface area contributed by atoms with E-state index < -0.39 is 0 Å². The zero-order valence-electron chi connectivity index (χ0n) is 12.3. The Morgan fingerprint density at radius 1 is 1.10 bits per heavy atom. The standard InChI is InChI=1S/C18H18N2O/c1-3-20-17-7-5-4-6-16(17)19-18(20)12-14-8-10-15(11-9-14)13(2)21/h4-11H,3,12H2,1-2H3. The van der Waals surface area contributed by atoms with Crippen molar-refractivity contribution in [2.24, 2.45) is 0 Å². The van der Waals surface area contributed by atoms with Crippen molar-refractivity contribution >= 4 is 16.8 Å². The van der Waals surface area contributed by atoms with Gasteiger partial charge in [0.15, 0.2) is 5.78 Å². The summed E-state index contributed by atoms with van der Waals surface area (Å²) < 4.78 is 2.24. The van der Waals surface area contributed by atoms with Gasteiger partial charge < -0.3 is 4.57 Å². The van der Waals surface area contributed by atoms with Gasteiger partial charge in [-0.1, -0.05) is 36.4 Å². The number of fused-ring (bicyclic) bond motifs is 1. The molecule has 0 aliphatic carbocycles. The molecule has 0 N–H and O–H groups in total. The normalized spacial score (nSPS) is 11.0. The lowest BCUT2D eigenvalue weighted by molar-refractivity contribution is 0.101. The van der Waals surface area contributed by atoms with Crippen LogP contribution in [0.2, 0.25) is 0 Å². The Balaban J connectivity index is 1.95. The van der Waals surface area contributed by atoms with Crippen molar-refractivity contribution in [3.05, 3.63) is 65.5 Å². The van der Waals surface area contributed by atoms with E-state index in [2.05, 4.69) is 17.6 Å². The minimum Gasteiger partial charge on any atom is -0.328 e. The van der Waals surface area contributed by atoms with Crippen LogP contribution in [-0.4, -0.2) is 15.3 Å². The minimum atomic E-state index is 0.0994. The third-order valence-corrected chi connectivity index (χ3v) is 3.77. The Morgan fingerprint density at radius 2 is 1.81 bits per heavy atom. The third-order valence-electron chi connectivity index (χ3n) is 3.77. The smallest absolute Gasteiger partial charge is 0.159 e. The molecule has 1 heterocycles. The highest BCUT2D eigenvalue weighted by atomic mass is 16.1. The second-order valence-electron chi connectivity index (χ2n) is 5.19. The molecule has 0 saturated carbocycles. The monoisotopic (exact) mass is 278 g/mol. The quantitative estimate of drug-likeness (QED) is 0.679. The van der Waals surface area contributed by atoms with E-state index in [0.29, 0.717) is 0 Å². The number of nitrogens with zero attached hydrogens (tertiary/aromatic N) is 2. The van der Waals surface area contributed by atoms with Crippen molar-refractivity contribution in [2.75, 3.05) is 0 Å². The van der Waals surface area contributed by atoms with Crippen molar-refractivity contribution < 1.29 is 4.79 Å². The second-order valence-corrected chi connectivity index (χ2v) is 5.19. The lowest BCUT2D eigenvalue weighted by Crippen LogP contribution is -2.03. The molecule has 0 radical (unpaired) electrons. The maximum Gasteiger partial charge on any atom is 0.159 e. The number of carbonyl (C=O) groups excluding carboxylic acids is 1. The first-order valence-corrected chi connectivity index (χ1v) is 7.23. The van der Waals surface area contributed by atoms with Crippen LogP contribution in [-0.2, 0) is 13.0 Å². The minimum absolute atomic E-state index is 0.0994. The summed E-state index contributed by atoms with van der Waals surface area (Å²) in [7, 11) is 0. The first-order valence-electron chi connectivity index (χ1n) is 7.23. The van der Waals surface area contributed by atoms with Gasteiger partial charge in [0.2, 0.25) is 0 Å². The molecule has 21 heavy (non-hydrogen) atoms. The maximum absolute atomic E-state index is 11.3. The first-order chi connectivity index (χ1) is 10.2. The molecule has 0 spiro atoms. The second kappa shape index (κ2) is 5.52. The highest BCUT2D eigenvalue weighted by Gasteiger charge is 2.09. The van der Waals surface area contributed by atoms with Gasteiger partial charge in [0.25, 0.3) is 0 Å². The van der Waals surface area contributed by atoms with Crippen molar-refractivity contribution in [3.63, 3.8) is 0 Å². The van der Waals surface area contributed by atoms with E-state index in [4.69, 9.17) is 4.98 Å². The highest BCUT2D eigenvalue weighted by Crippen LogP contribution is 2.18. The van der Waals surface area contributed by atoms with Crippen LogP contribution in [0.25, 0.3) is 11.0 Å². The molecule has 1 aromatic heterocycles. The van der Waals surface area contributed by atoms with Crippen LogP contribution in [0.15, 0.2) is 48.5 Å². The van der Waals surface area contributed by atoms with Crippen LogP contribution >= 0.6 is 0 Å².